The van der Waals surface area contributed by atoms with E-state index in [0.717, 1.165) is 25.7 Å². The fraction of sp³-hybridized carbons (Fsp3) is 0.429. The third kappa shape index (κ3) is 4.05. The number of nitrogens with one attached hydrogen (secondary N) is 2. The van der Waals surface area contributed by atoms with Gasteiger partial charge in [0.1, 0.15) is 12.2 Å². The second-order valence-electron chi connectivity index (χ2n) is 4.75. The lowest BCUT2D eigenvalue weighted by Crippen LogP contribution is -2.35. The summed E-state index contributed by atoms with van der Waals surface area (Å²) in [6.45, 7) is 0. The van der Waals surface area contributed by atoms with Crippen molar-refractivity contribution in [3.05, 3.63) is 30.1 Å². The molecule has 1 aromatic rings. The second-order valence-corrected chi connectivity index (χ2v) is 4.75. The number of hydrogen-bond acceptors (Lipinski definition) is 2. The van der Waals surface area contributed by atoms with Crippen LogP contribution in [0.25, 0.3) is 0 Å². The Kier molecular flexibility index (Phi) is 4.49. The minimum atomic E-state index is -0.507. The summed E-state index contributed by atoms with van der Waals surface area (Å²) < 4.78 is 13.3. The highest BCUT2D eigenvalue weighted by molar-refractivity contribution is 6.03. The van der Waals surface area contributed by atoms with E-state index < -0.39 is 11.7 Å². The maximum Gasteiger partial charge on any atom is 0.233 e. The van der Waals surface area contributed by atoms with Crippen molar-refractivity contribution >= 4 is 17.5 Å². The number of carbonyl (C=O) groups excluding carboxylic acids is 2. The van der Waals surface area contributed by atoms with E-state index in [2.05, 4.69) is 10.6 Å². The zero-order chi connectivity index (χ0) is 13.7. The highest BCUT2D eigenvalue weighted by Gasteiger charge is 2.18. The molecule has 0 spiro atoms. The van der Waals surface area contributed by atoms with Crippen LogP contribution in [0.2, 0.25) is 0 Å². The number of halogens is 1. The van der Waals surface area contributed by atoms with Crippen molar-refractivity contribution in [2.75, 3.05) is 5.32 Å². The molecule has 2 amide bonds. The van der Waals surface area contributed by atoms with Gasteiger partial charge in [0.25, 0.3) is 0 Å². The monoisotopic (exact) mass is 264 g/mol. The molecule has 0 heterocycles. The average Bonchev–Trinajstić information content (AvgIpc) is 2.84. The molecule has 0 atom stereocenters. The van der Waals surface area contributed by atoms with E-state index in [1.807, 2.05) is 0 Å². The van der Waals surface area contributed by atoms with Crippen molar-refractivity contribution in [3.63, 3.8) is 0 Å². The van der Waals surface area contributed by atoms with Crippen LogP contribution >= 0.6 is 0 Å². The molecule has 2 rings (SSSR count). The van der Waals surface area contributed by atoms with Crippen LogP contribution in [0.1, 0.15) is 32.1 Å². The molecule has 0 bridgehead atoms. The van der Waals surface area contributed by atoms with Gasteiger partial charge in [-0.25, -0.2) is 4.39 Å². The Bertz CT molecular complexity index is 470. The van der Waals surface area contributed by atoms with Gasteiger partial charge in [0.05, 0.1) is 5.69 Å². The second kappa shape index (κ2) is 6.31. The summed E-state index contributed by atoms with van der Waals surface area (Å²) in [7, 11) is 0. The van der Waals surface area contributed by atoms with Crippen LogP contribution in [-0.2, 0) is 9.59 Å². The SMILES string of the molecule is O=C(CC(=O)NC1CCCC1)Nc1ccccc1F. The highest BCUT2D eigenvalue weighted by Crippen LogP contribution is 2.17. The van der Waals surface area contributed by atoms with Gasteiger partial charge < -0.3 is 10.6 Å². The zero-order valence-corrected chi connectivity index (χ0v) is 10.6. The van der Waals surface area contributed by atoms with E-state index in [1.165, 1.54) is 18.2 Å². The molecule has 1 fully saturated rings. The van der Waals surface area contributed by atoms with Gasteiger partial charge in [0.2, 0.25) is 11.8 Å². The molecule has 4 nitrogen and oxygen atoms in total. The van der Waals surface area contributed by atoms with E-state index in [0.29, 0.717) is 0 Å². The molecular weight excluding hydrogens is 247 g/mol. The summed E-state index contributed by atoms with van der Waals surface area (Å²) >= 11 is 0. The quantitative estimate of drug-likeness (QED) is 0.819. The number of para-hydroxylation sites is 1. The van der Waals surface area contributed by atoms with Gasteiger partial charge >= 0.3 is 0 Å². The Labute approximate surface area is 111 Å². The third-order valence-electron chi connectivity index (χ3n) is 3.19. The molecule has 5 heteroatoms. The standard InChI is InChI=1S/C14H17FN2O2/c15-11-7-3-4-8-12(11)17-14(19)9-13(18)16-10-5-1-2-6-10/h3-4,7-8,10H,1-2,5-6,9H2,(H,16,18)(H,17,19). The maximum atomic E-state index is 13.3. The summed E-state index contributed by atoms with van der Waals surface area (Å²) in [4.78, 5) is 23.2. The lowest BCUT2D eigenvalue weighted by atomic mass is 10.2. The highest BCUT2D eigenvalue weighted by atomic mass is 19.1. The molecule has 0 radical (unpaired) electrons. The molecule has 1 aliphatic carbocycles. The number of amides is 2. The third-order valence-corrected chi connectivity index (χ3v) is 3.19. The van der Waals surface area contributed by atoms with E-state index in [-0.39, 0.29) is 24.1 Å². The first kappa shape index (κ1) is 13.5. The average molecular weight is 264 g/mol. The molecule has 0 unspecified atom stereocenters. The van der Waals surface area contributed by atoms with E-state index in [4.69, 9.17) is 0 Å². The molecule has 1 aromatic carbocycles. The van der Waals surface area contributed by atoms with Gasteiger partial charge in [-0.2, -0.15) is 0 Å². The molecule has 19 heavy (non-hydrogen) atoms. The molecular formula is C14H17FN2O2. The summed E-state index contributed by atoms with van der Waals surface area (Å²) in [6, 6.07) is 6.07. The first-order chi connectivity index (χ1) is 9.15. The Morgan fingerprint density at radius 2 is 1.84 bits per heavy atom. The van der Waals surface area contributed by atoms with Gasteiger partial charge in [-0.15, -0.1) is 0 Å². The smallest absolute Gasteiger partial charge is 0.233 e. The summed E-state index contributed by atoms with van der Waals surface area (Å²) in [5.41, 5.74) is 0.0983. The maximum absolute atomic E-state index is 13.3. The fourth-order valence-corrected chi connectivity index (χ4v) is 2.25. The normalized spacial score (nSPS) is 15.2. The summed E-state index contributed by atoms with van der Waals surface area (Å²) in [6.07, 6.45) is 3.91. The van der Waals surface area contributed by atoms with Gasteiger partial charge in [-0.1, -0.05) is 25.0 Å². The van der Waals surface area contributed by atoms with Gasteiger partial charge in [0, 0.05) is 6.04 Å². The number of anilines is 1. The Morgan fingerprint density at radius 3 is 2.53 bits per heavy atom. The van der Waals surface area contributed by atoms with Crippen LogP contribution in [0.5, 0.6) is 0 Å². The van der Waals surface area contributed by atoms with Gasteiger partial charge in [-0.3, -0.25) is 9.59 Å². The Morgan fingerprint density at radius 1 is 1.16 bits per heavy atom. The van der Waals surface area contributed by atoms with Crippen molar-refractivity contribution in [2.45, 2.75) is 38.1 Å². The van der Waals surface area contributed by atoms with E-state index in [9.17, 15) is 14.0 Å². The molecule has 2 N–H and O–H groups in total. The lowest BCUT2D eigenvalue weighted by molar-refractivity contribution is -0.127. The van der Waals surface area contributed by atoms with Crippen LogP contribution in [0, 0.1) is 5.82 Å². The molecule has 102 valence electrons. The van der Waals surface area contributed by atoms with E-state index in [1.54, 1.807) is 6.07 Å². The number of carbonyl (C=O) groups is 2. The predicted octanol–water partition coefficient (Wildman–Crippen LogP) is 2.21. The molecule has 1 saturated carbocycles. The lowest BCUT2D eigenvalue weighted by Gasteiger charge is -2.11. The molecule has 1 aliphatic rings. The topological polar surface area (TPSA) is 58.2 Å². The number of rotatable bonds is 4. The van der Waals surface area contributed by atoms with Crippen LogP contribution < -0.4 is 10.6 Å². The van der Waals surface area contributed by atoms with Crippen LogP contribution in [0.4, 0.5) is 10.1 Å². The Hall–Kier alpha value is -1.91. The van der Waals surface area contributed by atoms with Crippen molar-refractivity contribution in [3.8, 4) is 0 Å². The van der Waals surface area contributed by atoms with E-state index >= 15 is 0 Å². The van der Waals surface area contributed by atoms with Crippen LogP contribution in [-0.4, -0.2) is 17.9 Å². The predicted molar refractivity (Wildman–Crippen MR) is 70.0 cm³/mol. The van der Waals surface area contributed by atoms with Crippen LogP contribution in [0.15, 0.2) is 24.3 Å². The number of hydrogen-bond donors (Lipinski definition) is 2. The minimum Gasteiger partial charge on any atom is -0.353 e. The summed E-state index contributed by atoms with van der Waals surface area (Å²) in [5, 5.41) is 5.21. The molecule has 0 aliphatic heterocycles. The van der Waals surface area contributed by atoms with Gasteiger partial charge in [0.15, 0.2) is 0 Å². The first-order valence-corrected chi connectivity index (χ1v) is 6.49. The molecule has 0 saturated heterocycles. The van der Waals surface area contributed by atoms with Crippen molar-refractivity contribution in [1.29, 1.82) is 0 Å². The van der Waals surface area contributed by atoms with Crippen molar-refractivity contribution in [2.24, 2.45) is 0 Å². The zero-order valence-electron chi connectivity index (χ0n) is 10.6. The first-order valence-electron chi connectivity index (χ1n) is 6.49. The van der Waals surface area contributed by atoms with Gasteiger partial charge in [-0.05, 0) is 25.0 Å². The van der Waals surface area contributed by atoms with Crippen LogP contribution in [0.3, 0.4) is 0 Å². The molecule has 0 aromatic heterocycles. The Balaban J connectivity index is 1.80. The van der Waals surface area contributed by atoms with Crippen molar-refractivity contribution in [1.82, 2.24) is 5.32 Å². The fourth-order valence-electron chi connectivity index (χ4n) is 2.25. The van der Waals surface area contributed by atoms with Crippen molar-refractivity contribution < 1.29 is 14.0 Å². The largest absolute Gasteiger partial charge is 0.353 e. The number of benzene rings is 1. The summed E-state index contributed by atoms with van der Waals surface area (Å²) in [5.74, 6) is -1.31. The minimum absolute atomic E-state index is 0.0983.